The highest BCUT2D eigenvalue weighted by Crippen LogP contribution is 2.32. The van der Waals surface area contributed by atoms with Crippen LogP contribution in [-0.4, -0.2) is 36.6 Å². The first kappa shape index (κ1) is 30.6. The Morgan fingerprint density at radius 3 is 2.36 bits per heavy atom. The first-order valence-electron chi connectivity index (χ1n) is 14.9. The molecule has 1 saturated carbocycles. The van der Waals surface area contributed by atoms with E-state index in [2.05, 4.69) is 35.9 Å². The summed E-state index contributed by atoms with van der Waals surface area (Å²) in [5, 5.41) is 1.10. The molecule has 2 aromatic carbocycles. The second-order valence-corrected chi connectivity index (χ2v) is 11.6. The van der Waals surface area contributed by atoms with Gasteiger partial charge in [0.25, 0.3) is 0 Å². The SMILES string of the molecule is CCOC(=O)c1ccc(CCCC(C)CCC2CCC(C)CC2)cc1.Cc1nc(N(C)C)c2ccccc2n1. The summed E-state index contributed by atoms with van der Waals surface area (Å²) >= 11 is 0. The van der Waals surface area contributed by atoms with E-state index in [-0.39, 0.29) is 5.97 Å². The second kappa shape index (κ2) is 15.6. The number of aryl methyl sites for hydroxylation is 2. The van der Waals surface area contributed by atoms with Crippen molar-refractivity contribution < 1.29 is 9.53 Å². The van der Waals surface area contributed by atoms with Gasteiger partial charge in [0.05, 0.1) is 17.7 Å². The molecule has 0 saturated heterocycles. The Kier molecular flexibility index (Phi) is 12.2. The van der Waals surface area contributed by atoms with E-state index in [9.17, 15) is 4.79 Å². The van der Waals surface area contributed by atoms with Crippen LogP contribution >= 0.6 is 0 Å². The highest BCUT2D eigenvalue weighted by molar-refractivity contribution is 5.89. The van der Waals surface area contributed by atoms with Crippen LogP contribution in [0.25, 0.3) is 10.9 Å². The number of rotatable bonds is 10. The summed E-state index contributed by atoms with van der Waals surface area (Å²) in [6.45, 7) is 8.99. The van der Waals surface area contributed by atoms with Crippen LogP contribution in [0.15, 0.2) is 48.5 Å². The summed E-state index contributed by atoms with van der Waals surface area (Å²) in [5.41, 5.74) is 2.98. The van der Waals surface area contributed by atoms with Crippen LogP contribution in [0.2, 0.25) is 0 Å². The van der Waals surface area contributed by atoms with E-state index in [1.807, 2.05) is 69.2 Å². The van der Waals surface area contributed by atoms with Gasteiger partial charge in [0, 0.05) is 19.5 Å². The Morgan fingerprint density at radius 2 is 1.69 bits per heavy atom. The molecule has 4 rings (SSSR count). The fourth-order valence-electron chi connectivity index (χ4n) is 5.47. The van der Waals surface area contributed by atoms with E-state index in [4.69, 9.17) is 4.74 Å². The molecule has 5 nitrogen and oxygen atoms in total. The van der Waals surface area contributed by atoms with Gasteiger partial charge in [-0.1, -0.05) is 83.1 Å². The van der Waals surface area contributed by atoms with Crippen molar-refractivity contribution in [2.45, 2.75) is 85.5 Å². The van der Waals surface area contributed by atoms with E-state index < -0.39 is 0 Å². The third-order valence-corrected chi connectivity index (χ3v) is 7.95. The summed E-state index contributed by atoms with van der Waals surface area (Å²) in [4.78, 5) is 22.5. The highest BCUT2D eigenvalue weighted by atomic mass is 16.5. The Labute approximate surface area is 236 Å². The summed E-state index contributed by atoms with van der Waals surface area (Å²) in [5.74, 6) is 4.36. The van der Waals surface area contributed by atoms with Gasteiger partial charge in [-0.2, -0.15) is 0 Å². The van der Waals surface area contributed by atoms with Gasteiger partial charge in [0.2, 0.25) is 0 Å². The average Bonchev–Trinajstić information content (AvgIpc) is 2.93. The van der Waals surface area contributed by atoms with Crippen molar-refractivity contribution in [3.63, 3.8) is 0 Å². The molecule has 0 amide bonds. The number of esters is 1. The zero-order valence-corrected chi connectivity index (χ0v) is 25.1. The molecule has 39 heavy (non-hydrogen) atoms. The lowest BCUT2D eigenvalue weighted by atomic mass is 9.79. The number of carbonyl (C=O) groups excluding carboxylic acids is 1. The predicted molar refractivity (Wildman–Crippen MR) is 163 cm³/mol. The first-order chi connectivity index (χ1) is 18.8. The molecule has 1 aliphatic carbocycles. The molecule has 1 heterocycles. The van der Waals surface area contributed by atoms with Crippen LogP contribution < -0.4 is 4.90 Å². The number of carbonyl (C=O) groups is 1. The molecule has 1 aromatic heterocycles. The number of nitrogens with zero attached hydrogens (tertiary/aromatic N) is 3. The van der Waals surface area contributed by atoms with Gasteiger partial charge in [0.1, 0.15) is 11.6 Å². The molecule has 3 aromatic rings. The second-order valence-electron chi connectivity index (χ2n) is 11.6. The van der Waals surface area contributed by atoms with Gasteiger partial charge in [-0.15, -0.1) is 0 Å². The zero-order chi connectivity index (χ0) is 28.2. The molecule has 0 spiro atoms. The lowest BCUT2D eigenvalue weighted by Gasteiger charge is -2.27. The quantitative estimate of drug-likeness (QED) is 0.246. The number of hydrogen-bond donors (Lipinski definition) is 0. The largest absolute Gasteiger partial charge is 0.462 e. The normalized spacial score (nSPS) is 17.7. The smallest absolute Gasteiger partial charge is 0.338 e. The maximum atomic E-state index is 11.7. The molecule has 0 aliphatic heterocycles. The highest BCUT2D eigenvalue weighted by Gasteiger charge is 2.18. The lowest BCUT2D eigenvalue weighted by Crippen LogP contribution is -2.13. The molecular formula is C34H49N3O2. The van der Waals surface area contributed by atoms with Crippen molar-refractivity contribution in [3.05, 3.63) is 65.5 Å². The molecule has 0 bridgehead atoms. The zero-order valence-electron chi connectivity index (χ0n) is 25.1. The summed E-state index contributed by atoms with van der Waals surface area (Å²) in [7, 11) is 3.99. The molecule has 212 valence electrons. The van der Waals surface area contributed by atoms with Crippen molar-refractivity contribution in [2.24, 2.45) is 17.8 Å². The van der Waals surface area contributed by atoms with Crippen LogP contribution in [0.3, 0.4) is 0 Å². The van der Waals surface area contributed by atoms with Gasteiger partial charge < -0.3 is 9.64 Å². The molecule has 0 N–H and O–H groups in total. The van der Waals surface area contributed by atoms with Gasteiger partial charge in [-0.25, -0.2) is 14.8 Å². The van der Waals surface area contributed by atoms with Crippen molar-refractivity contribution in [1.82, 2.24) is 9.97 Å². The third kappa shape index (κ3) is 9.94. The molecule has 1 atom stereocenters. The number of ether oxygens (including phenoxy) is 1. The maximum absolute atomic E-state index is 11.7. The van der Waals surface area contributed by atoms with Crippen LogP contribution in [0.5, 0.6) is 0 Å². The standard InChI is InChI=1S/C23H36O2.C11H13N3/c1-4-25-23(24)22-16-14-20(15-17-22)7-5-6-18(2)8-11-21-12-9-19(3)10-13-21;1-8-12-10-7-5-4-6-9(10)11(13-8)14(2)3/h14-19,21H,4-13H2,1-3H3;4-7H,1-3H3. The molecule has 1 aliphatic rings. The number of hydrogen-bond acceptors (Lipinski definition) is 5. The molecule has 1 unspecified atom stereocenters. The number of anilines is 1. The van der Waals surface area contributed by atoms with Gasteiger partial charge in [-0.3, -0.25) is 0 Å². The van der Waals surface area contributed by atoms with E-state index in [0.29, 0.717) is 12.2 Å². The topological polar surface area (TPSA) is 55.3 Å². The third-order valence-electron chi connectivity index (χ3n) is 7.95. The molecular weight excluding hydrogens is 482 g/mol. The van der Waals surface area contributed by atoms with Crippen molar-refractivity contribution in [3.8, 4) is 0 Å². The minimum atomic E-state index is -0.222. The summed E-state index contributed by atoms with van der Waals surface area (Å²) < 4.78 is 5.02. The Balaban J connectivity index is 0.000000252. The van der Waals surface area contributed by atoms with Crippen LogP contribution in [0, 0.1) is 24.7 Å². The van der Waals surface area contributed by atoms with E-state index >= 15 is 0 Å². The van der Waals surface area contributed by atoms with Gasteiger partial charge in [-0.05, 0) is 74.3 Å². The Bertz CT molecular complexity index is 1150. The Morgan fingerprint density at radius 1 is 1.00 bits per heavy atom. The van der Waals surface area contributed by atoms with Gasteiger partial charge >= 0.3 is 5.97 Å². The van der Waals surface area contributed by atoms with Crippen molar-refractivity contribution >= 4 is 22.7 Å². The molecule has 5 heteroatoms. The number of aromatic nitrogens is 2. The predicted octanol–water partition coefficient (Wildman–Crippen LogP) is 8.43. The van der Waals surface area contributed by atoms with Crippen molar-refractivity contribution in [2.75, 3.05) is 25.6 Å². The molecule has 0 radical (unpaired) electrons. The van der Waals surface area contributed by atoms with Crippen LogP contribution in [0.1, 0.15) is 93.9 Å². The molecule has 1 fully saturated rings. The Hall–Kier alpha value is -2.95. The number of benzene rings is 2. The van der Waals surface area contributed by atoms with E-state index in [1.54, 1.807) is 0 Å². The minimum Gasteiger partial charge on any atom is -0.462 e. The summed E-state index contributed by atoms with van der Waals surface area (Å²) in [6, 6.07) is 16.0. The van der Waals surface area contributed by atoms with E-state index in [1.165, 1.54) is 56.9 Å². The van der Waals surface area contributed by atoms with Gasteiger partial charge in [0.15, 0.2) is 0 Å². The lowest BCUT2D eigenvalue weighted by molar-refractivity contribution is 0.0526. The monoisotopic (exact) mass is 531 g/mol. The van der Waals surface area contributed by atoms with Crippen molar-refractivity contribution in [1.29, 1.82) is 0 Å². The van der Waals surface area contributed by atoms with Crippen LogP contribution in [0.4, 0.5) is 5.82 Å². The number of fused-ring (bicyclic) bond motifs is 1. The maximum Gasteiger partial charge on any atom is 0.338 e. The average molecular weight is 532 g/mol. The summed E-state index contributed by atoms with van der Waals surface area (Å²) in [6.07, 6.45) is 12.3. The minimum absolute atomic E-state index is 0.222. The van der Waals surface area contributed by atoms with Crippen LogP contribution in [-0.2, 0) is 11.2 Å². The number of para-hydroxylation sites is 1. The fourth-order valence-corrected chi connectivity index (χ4v) is 5.47. The first-order valence-corrected chi connectivity index (χ1v) is 14.9. The van der Waals surface area contributed by atoms with E-state index in [0.717, 1.165) is 46.7 Å². The fraction of sp³-hybridized carbons (Fsp3) is 0.559.